The Bertz CT molecular complexity index is 661. The number of benzene rings is 1. The van der Waals surface area contributed by atoms with Crippen LogP contribution < -0.4 is 5.73 Å². The van der Waals surface area contributed by atoms with E-state index in [2.05, 4.69) is 4.99 Å². The summed E-state index contributed by atoms with van der Waals surface area (Å²) in [6.45, 7) is 3.77. The number of hydrogen-bond acceptors (Lipinski definition) is 3. The molecule has 1 aromatic rings. The third kappa shape index (κ3) is 2.86. The van der Waals surface area contributed by atoms with Crippen molar-refractivity contribution in [3.05, 3.63) is 47.2 Å². The number of nitrogens with two attached hydrogens (primary N) is 1. The number of amides is 1. The van der Waals surface area contributed by atoms with Gasteiger partial charge in [-0.05, 0) is 37.5 Å². The molecular formula is C16H18N2O3. The van der Waals surface area contributed by atoms with Crippen LogP contribution in [0.4, 0.5) is 0 Å². The van der Waals surface area contributed by atoms with Crippen molar-refractivity contribution >= 4 is 17.6 Å². The van der Waals surface area contributed by atoms with Crippen LogP contribution in [-0.2, 0) is 11.2 Å². The molecule has 0 fully saturated rings. The van der Waals surface area contributed by atoms with E-state index < -0.39 is 17.3 Å². The minimum Gasteiger partial charge on any atom is -0.478 e. The number of allylic oxidation sites excluding steroid dienone is 1. The van der Waals surface area contributed by atoms with Gasteiger partial charge in [-0.2, -0.15) is 0 Å². The second kappa shape index (κ2) is 5.52. The minimum atomic E-state index is -0.960. The first-order valence-electron chi connectivity index (χ1n) is 6.68. The summed E-state index contributed by atoms with van der Waals surface area (Å²) in [5.41, 5.74) is 7.51. The average Bonchev–Trinajstić information content (AvgIpc) is 2.66. The van der Waals surface area contributed by atoms with Crippen molar-refractivity contribution in [1.29, 1.82) is 0 Å². The monoisotopic (exact) mass is 286 g/mol. The van der Waals surface area contributed by atoms with Crippen LogP contribution in [0.5, 0.6) is 0 Å². The number of carboxylic acids is 1. The van der Waals surface area contributed by atoms with E-state index in [1.165, 1.54) is 0 Å². The van der Waals surface area contributed by atoms with Gasteiger partial charge >= 0.3 is 5.97 Å². The largest absolute Gasteiger partial charge is 0.478 e. The summed E-state index contributed by atoms with van der Waals surface area (Å²) < 4.78 is 0. The lowest BCUT2D eigenvalue weighted by molar-refractivity contribution is -0.119. The summed E-state index contributed by atoms with van der Waals surface area (Å²) in [4.78, 5) is 26.9. The number of aromatic carboxylic acids is 1. The lowest BCUT2D eigenvalue weighted by Crippen LogP contribution is -2.32. The molecule has 1 aliphatic rings. The van der Waals surface area contributed by atoms with E-state index in [9.17, 15) is 14.7 Å². The van der Waals surface area contributed by atoms with Crippen LogP contribution in [-0.4, -0.2) is 22.7 Å². The SMILES string of the molecule is CC1=NC=C(Cc2ccccc2C(=O)O)C1(C)CC(N)=O. The topological polar surface area (TPSA) is 92.8 Å². The van der Waals surface area contributed by atoms with Crippen molar-refractivity contribution in [2.24, 2.45) is 16.1 Å². The molecule has 0 bridgehead atoms. The van der Waals surface area contributed by atoms with E-state index >= 15 is 0 Å². The van der Waals surface area contributed by atoms with Crippen LogP contribution in [0.15, 0.2) is 41.0 Å². The molecule has 1 aromatic carbocycles. The van der Waals surface area contributed by atoms with Gasteiger partial charge in [0.05, 0.1) is 5.56 Å². The lowest BCUT2D eigenvalue weighted by atomic mass is 9.74. The van der Waals surface area contributed by atoms with Gasteiger partial charge in [-0.1, -0.05) is 18.2 Å². The van der Waals surface area contributed by atoms with Crippen molar-refractivity contribution in [2.75, 3.05) is 0 Å². The third-order valence-electron chi connectivity index (χ3n) is 4.08. The highest BCUT2D eigenvalue weighted by molar-refractivity contribution is 5.97. The molecule has 21 heavy (non-hydrogen) atoms. The summed E-state index contributed by atoms with van der Waals surface area (Å²) in [7, 11) is 0. The maximum Gasteiger partial charge on any atom is 0.335 e. The molecule has 1 heterocycles. The zero-order valence-corrected chi connectivity index (χ0v) is 12.1. The number of hydrogen-bond donors (Lipinski definition) is 2. The molecule has 110 valence electrons. The number of primary amides is 1. The van der Waals surface area contributed by atoms with E-state index in [-0.39, 0.29) is 12.0 Å². The summed E-state index contributed by atoms with van der Waals surface area (Å²) in [5.74, 6) is -1.36. The minimum absolute atomic E-state index is 0.170. The summed E-state index contributed by atoms with van der Waals surface area (Å²) in [6, 6.07) is 6.85. The number of aliphatic imine (C=N–C) groups is 1. The Balaban J connectivity index is 2.32. The van der Waals surface area contributed by atoms with Gasteiger partial charge in [0.15, 0.2) is 0 Å². The maximum atomic E-state index is 11.3. The zero-order valence-electron chi connectivity index (χ0n) is 12.1. The van der Waals surface area contributed by atoms with Crippen molar-refractivity contribution in [1.82, 2.24) is 0 Å². The fourth-order valence-corrected chi connectivity index (χ4v) is 2.61. The van der Waals surface area contributed by atoms with Crippen molar-refractivity contribution in [2.45, 2.75) is 26.7 Å². The molecule has 1 amide bonds. The van der Waals surface area contributed by atoms with Gasteiger partial charge in [0.25, 0.3) is 0 Å². The molecule has 0 aromatic heterocycles. The molecule has 2 rings (SSSR count). The third-order valence-corrected chi connectivity index (χ3v) is 4.08. The Hall–Kier alpha value is -2.43. The first-order valence-corrected chi connectivity index (χ1v) is 6.68. The van der Waals surface area contributed by atoms with Gasteiger partial charge < -0.3 is 10.8 Å². The Kier molecular flexibility index (Phi) is 3.93. The van der Waals surface area contributed by atoms with E-state index in [0.29, 0.717) is 12.0 Å². The molecule has 1 aliphatic heterocycles. The van der Waals surface area contributed by atoms with E-state index in [1.54, 1.807) is 30.5 Å². The van der Waals surface area contributed by atoms with E-state index in [0.717, 1.165) is 11.3 Å². The number of carbonyl (C=O) groups excluding carboxylic acids is 1. The molecule has 0 radical (unpaired) electrons. The number of carboxylic acid groups (broad SMARTS) is 1. The highest BCUT2D eigenvalue weighted by Gasteiger charge is 2.37. The molecule has 0 spiro atoms. The smallest absolute Gasteiger partial charge is 0.335 e. The Labute approximate surface area is 123 Å². The number of carbonyl (C=O) groups is 2. The second-order valence-electron chi connectivity index (χ2n) is 5.48. The standard InChI is InChI=1S/C16H18N2O3/c1-10-16(2,8-14(17)19)12(9-18-10)7-11-5-3-4-6-13(11)15(20)21/h3-6,9H,7-8H2,1-2H3,(H2,17,19)(H,20,21). The van der Waals surface area contributed by atoms with Crippen LogP contribution in [0, 0.1) is 5.41 Å². The summed E-state index contributed by atoms with van der Waals surface area (Å²) >= 11 is 0. The molecule has 0 aliphatic carbocycles. The zero-order chi connectivity index (χ0) is 15.6. The molecule has 3 N–H and O–H groups in total. The lowest BCUT2D eigenvalue weighted by Gasteiger charge is -2.27. The fraction of sp³-hybridized carbons (Fsp3) is 0.312. The van der Waals surface area contributed by atoms with Crippen LogP contribution in [0.25, 0.3) is 0 Å². The van der Waals surface area contributed by atoms with Gasteiger partial charge in [0.2, 0.25) is 5.91 Å². The van der Waals surface area contributed by atoms with Crippen LogP contribution >= 0.6 is 0 Å². The van der Waals surface area contributed by atoms with Gasteiger partial charge in [-0.3, -0.25) is 9.79 Å². The predicted octanol–water partition coefficient (Wildman–Crippen LogP) is 2.17. The average molecular weight is 286 g/mol. The van der Waals surface area contributed by atoms with Gasteiger partial charge in [-0.15, -0.1) is 0 Å². The van der Waals surface area contributed by atoms with Crippen LogP contribution in [0.2, 0.25) is 0 Å². The molecule has 5 nitrogen and oxygen atoms in total. The number of nitrogens with zero attached hydrogens (tertiary/aromatic N) is 1. The molecule has 1 atom stereocenters. The normalized spacial score (nSPS) is 20.9. The molecule has 0 saturated carbocycles. The Morgan fingerprint density at radius 2 is 2.00 bits per heavy atom. The predicted molar refractivity (Wildman–Crippen MR) is 80.2 cm³/mol. The van der Waals surface area contributed by atoms with E-state index in [4.69, 9.17) is 5.73 Å². The Morgan fingerprint density at radius 1 is 1.33 bits per heavy atom. The van der Waals surface area contributed by atoms with Gasteiger partial charge in [0.1, 0.15) is 0 Å². The number of rotatable bonds is 5. The quantitative estimate of drug-likeness (QED) is 0.868. The fourth-order valence-electron chi connectivity index (χ4n) is 2.61. The maximum absolute atomic E-state index is 11.3. The van der Waals surface area contributed by atoms with Crippen molar-refractivity contribution in [3.8, 4) is 0 Å². The first-order chi connectivity index (χ1) is 9.84. The summed E-state index contributed by atoms with van der Waals surface area (Å²) in [5, 5.41) is 9.24. The van der Waals surface area contributed by atoms with Gasteiger partial charge in [0, 0.05) is 23.7 Å². The summed E-state index contributed by atoms with van der Waals surface area (Å²) in [6.07, 6.45) is 2.33. The van der Waals surface area contributed by atoms with Crippen LogP contribution in [0.1, 0.15) is 36.2 Å². The molecule has 0 saturated heterocycles. The highest BCUT2D eigenvalue weighted by Crippen LogP contribution is 2.39. The second-order valence-corrected chi connectivity index (χ2v) is 5.48. The van der Waals surface area contributed by atoms with Crippen LogP contribution in [0.3, 0.4) is 0 Å². The highest BCUT2D eigenvalue weighted by atomic mass is 16.4. The van der Waals surface area contributed by atoms with Crippen molar-refractivity contribution < 1.29 is 14.7 Å². The van der Waals surface area contributed by atoms with Gasteiger partial charge in [-0.25, -0.2) is 4.79 Å². The Morgan fingerprint density at radius 3 is 2.62 bits per heavy atom. The molecular weight excluding hydrogens is 268 g/mol. The van der Waals surface area contributed by atoms with E-state index in [1.807, 2.05) is 13.8 Å². The van der Waals surface area contributed by atoms with Crippen molar-refractivity contribution in [3.63, 3.8) is 0 Å². The molecule has 1 unspecified atom stereocenters. The first kappa shape index (κ1) is 15.0. The molecule has 5 heteroatoms.